The molecule has 0 aromatic heterocycles. The summed E-state index contributed by atoms with van der Waals surface area (Å²) in [5.41, 5.74) is 0.841. The lowest BCUT2D eigenvalue weighted by Crippen LogP contribution is -2.36. The fourth-order valence-corrected chi connectivity index (χ4v) is 3.98. The van der Waals surface area contributed by atoms with E-state index in [1.807, 2.05) is 14.0 Å². The monoisotopic (exact) mass is 312 g/mol. The van der Waals surface area contributed by atoms with E-state index in [0.29, 0.717) is 23.1 Å². The number of hydrogen-bond donors (Lipinski definition) is 1. The average molecular weight is 312 g/mol. The zero-order valence-corrected chi connectivity index (χ0v) is 13.9. The Kier molecular flexibility index (Phi) is 4.91. The van der Waals surface area contributed by atoms with Gasteiger partial charge in [0.1, 0.15) is 5.75 Å². The van der Waals surface area contributed by atoms with Crippen molar-refractivity contribution in [3.05, 3.63) is 23.8 Å². The van der Waals surface area contributed by atoms with Gasteiger partial charge in [-0.05, 0) is 50.9 Å². The number of sulfonamides is 1. The van der Waals surface area contributed by atoms with Gasteiger partial charge in [0, 0.05) is 25.2 Å². The van der Waals surface area contributed by atoms with Crippen LogP contribution in [-0.4, -0.2) is 40.0 Å². The first-order valence-corrected chi connectivity index (χ1v) is 8.65. The summed E-state index contributed by atoms with van der Waals surface area (Å²) in [4.78, 5) is 0.323. The van der Waals surface area contributed by atoms with Gasteiger partial charge < -0.3 is 10.1 Å². The minimum absolute atomic E-state index is 0.0462. The topological polar surface area (TPSA) is 58.6 Å². The van der Waals surface area contributed by atoms with Crippen LogP contribution in [0.2, 0.25) is 0 Å². The van der Waals surface area contributed by atoms with Crippen molar-refractivity contribution in [2.45, 2.75) is 37.2 Å². The number of nitrogens with zero attached hydrogens (tertiary/aromatic N) is 1. The molecule has 118 valence electrons. The normalized spacial score (nSPS) is 17.0. The Morgan fingerprint density at radius 3 is 2.62 bits per heavy atom. The third kappa shape index (κ3) is 3.39. The number of hydrogen-bond acceptors (Lipinski definition) is 4. The van der Waals surface area contributed by atoms with Crippen LogP contribution in [0.1, 0.15) is 25.3 Å². The van der Waals surface area contributed by atoms with Crippen molar-refractivity contribution in [2.24, 2.45) is 5.92 Å². The zero-order chi connectivity index (χ0) is 15.6. The van der Waals surface area contributed by atoms with Crippen molar-refractivity contribution in [2.75, 3.05) is 21.2 Å². The van der Waals surface area contributed by atoms with Crippen LogP contribution in [0.5, 0.6) is 5.75 Å². The number of rotatable bonds is 7. The van der Waals surface area contributed by atoms with E-state index in [0.717, 1.165) is 18.4 Å². The Bertz CT molecular complexity index is 597. The van der Waals surface area contributed by atoms with Crippen molar-refractivity contribution in [3.8, 4) is 5.75 Å². The minimum atomic E-state index is -3.46. The van der Waals surface area contributed by atoms with Gasteiger partial charge in [0.15, 0.2) is 0 Å². The highest BCUT2D eigenvalue weighted by atomic mass is 32.2. The highest BCUT2D eigenvalue weighted by Gasteiger charge is 2.36. The molecule has 1 fully saturated rings. The maximum Gasteiger partial charge on any atom is 0.243 e. The summed E-state index contributed by atoms with van der Waals surface area (Å²) in [6.07, 6.45) is 2.24. The first kappa shape index (κ1) is 16.3. The number of methoxy groups -OCH3 is 1. The molecular formula is C15H24N2O3S. The highest BCUT2D eigenvalue weighted by molar-refractivity contribution is 7.89. The summed E-state index contributed by atoms with van der Waals surface area (Å²) in [7, 11) is 1.62. The van der Waals surface area contributed by atoms with Gasteiger partial charge in [0.2, 0.25) is 10.0 Å². The SMILES string of the molecule is CNCc1cc(S(=O)(=O)N(C)C(C)C2CC2)ccc1OC. The van der Waals surface area contributed by atoms with E-state index in [4.69, 9.17) is 4.74 Å². The van der Waals surface area contributed by atoms with Gasteiger partial charge in [-0.3, -0.25) is 0 Å². The molecule has 6 heteroatoms. The molecule has 1 aliphatic carbocycles. The standard InChI is InChI=1S/C15H24N2O3S/c1-11(12-5-6-12)17(3)21(18,19)14-7-8-15(20-4)13(9-14)10-16-2/h7-9,11-12,16H,5-6,10H2,1-4H3. The molecule has 0 heterocycles. The third-order valence-corrected chi connectivity index (χ3v) is 6.11. The zero-order valence-electron chi connectivity index (χ0n) is 13.1. The minimum Gasteiger partial charge on any atom is -0.496 e. The molecular weight excluding hydrogens is 288 g/mol. The molecule has 1 aliphatic rings. The maximum atomic E-state index is 12.7. The average Bonchev–Trinajstić information content (AvgIpc) is 3.30. The van der Waals surface area contributed by atoms with E-state index < -0.39 is 10.0 Å². The Labute approximate surface area is 127 Å². The van der Waals surface area contributed by atoms with Gasteiger partial charge in [-0.1, -0.05) is 0 Å². The molecule has 2 rings (SSSR count). The summed E-state index contributed by atoms with van der Waals surface area (Å²) in [5, 5.41) is 3.03. The second-order valence-electron chi connectivity index (χ2n) is 5.60. The van der Waals surface area contributed by atoms with E-state index in [1.54, 1.807) is 32.4 Å². The molecule has 1 aromatic rings. The third-order valence-electron chi connectivity index (χ3n) is 4.17. The first-order valence-electron chi connectivity index (χ1n) is 7.21. The van der Waals surface area contributed by atoms with Crippen molar-refractivity contribution >= 4 is 10.0 Å². The van der Waals surface area contributed by atoms with Crippen LogP contribution in [0.25, 0.3) is 0 Å². The largest absolute Gasteiger partial charge is 0.496 e. The van der Waals surface area contributed by atoms with Crippen molar-refractivity contribution in [1.82, 2.24) is 9.62 Å². The maximum absolute atomic E-state index is 12.7. The summed E-state index contributed by atoms with van der Waals surface area (Å²) < 4.78 is 32.2. The lowest BCUT2D eigenvalue weighted by molar-refractivity contribution is 0.357. The van der Waals surface area contributed by atoms with Crippen LogP contribution in [-0.2, 0) is 16.6 Å². The van der Waals surface area contributed by atoms with Crippen LogP contribution >= 0.6 is 0 Å². The quantitative estimate of drug-likeness (QED) is 0.834. The lowest BCUT2D eigenvalue weighted by atomic mass is 10.2. The van der Waals surface area contributed by atoms with Crippen LogP contribution < -0.4 is 10.1 Å². The van der Waals surface area contributed by atoms with Crippen LogP contribution in [0, 0.1) is 5.92 Å². The summed E-state index contributed by atoms with van der Waals surface area (Å²) in [6, 6.07) is 5.07. The van der Waals surface area contributed by atoms with Gasteiger partial charge in [-0.2, -0.15) is 4.31 Å². The molecule has 5 nitrogen and oxygen atoms in total. The molecule has 21 heavy (non-hydrogen) atoms. The Hall–Kier alpha value is -1.11. The molecule has 0 radical (unpaired) electrons. The molecule has 0 aliphatic heterocycles. The van der Waals surface area contributed by atoms with Gasteiger partial charge in [0.05, 0.1) is 12.0 Å². The number of benzene rings is 1. The number of ether oxygens (including phenoxy) is 1. The van der Waals surface area contributed by atoms with Gasteiger partial charge >= 0.3 is 0 Å². The molecule has 1 atom stereocenters. The van der Waals surface area contributed by atoms with E-state index in [9.17, 15) is 8.42 Å². The van der Waals surface area contributed by atoms with Gasteiger partial charge in [-0.15, -0.1) is 0 Å². The predicted molar refractivity (Wildman–Crippen MR) is 82.9 cm³/mol. The van der Waals surface area contributed by atoms with Crippen molar-refractivity contribution in [3.63, 3.8) is 0 Å². The number of nitrogens with one attached hydrogen (secondary N) is 1. The molecule has 1 saturated carbocycles. The lowest BCUT2D eigenvalue weighted by Gasteiger charge is -2.24. The molecule has 0 spiro atoms. The van der Waals surface area contributed by atoms with E-state index >= 15 is 0 Å². The van der Waals surface area contributed by atoms with E-state index in [1.165, 1.54) is 4.31 Å². The predicted octanol–water partition coefficient (Wildman–Crippen LogP) is 1.83. The van der Waals surface area contributed by atoms with Crippen LogP contribution in [0.4, 0.5) is 0 Å². The van der Waals surface area contributed by atoms with Crippen molar-refractivity contribution < 1.29 is 13.2 Å². The fraction of sp³-hybridized carbons (Fsp3) is 0.600. The van der Waals surface area contributed by atoms with Gasteiger partial charge in [0.25, 0.3) is 0 Å². The molecule has 1 unspecified atom stereocenters. The van der Waals surface area contributed by atoms with Crippen LogP contribution in [0.15, 0.2) is 23.1 Å². The van der Waals surface area contributed by atoms with Crippen LogP contribution in [0.3, 0.4) is 0 Å². The van der Waals surface area contributed by atoms with Gasteiger partial charge in [-0.25, -0.2) is 8.42 Å². The van der Waals surface area contributed by atoms with E-state index in [2.05, 4.69) is 5.32 Å². The first-order chi connectivity index (χ1) is 9.91. The Morgan fingerprint density at radius 1 is 1.43 bits per heavy atom. The molecule has 1 N–H and O–H groups in total. The molecule has 0 bridgehead atoms. The summed E-state index contributed by atoms with van der Waals surface area (Å²) in [6.45, 7) is 2.54. The molecule has 1 aromatic carbocycles. The van der Waals surface area contributed by atoms with Crippen molar-refractivity contribution in [1.29, 1.82) is 0 Å². The van der Waals surface area contributed by atoms with E-state index in [-0.39, 0.29) is 6.04 Å². The smallest absolute Gasteiger partial charge is 0.243 e. The summed E-state index contributed by atoms with van der Waals surface area (Å²) in [5.74, 6) is 1.20. The highest BCUT2D eigenvalue weighted by Crippen LogP contribution is 2.36. The Morgan fingerprint density at radius 2 is 2.10 bits per heavy atom. The fourth-order valence-electron chi connectivity index (χ4n) is 2.50. The molecule has 0 saturated heterocycles. The summed E-state index contributed by atoms with van der Waals surface area (Å²) >= 11 is 0. The Balaban J connectivity index is 2.32. The second-order valence-corrected chi connectivity index (χ2v) is 7.60. The second kappa shape index (κ2) is 6.34. The molecule has 0 amide bonds.